The Morgan fingerprint density at radius 1 is 1.35 bits per heavy atom. The van der Waals surface area contributed by atoms with Crippen LogP contribution < -0.4 is 0 Å². The van der Waals surface area contributed by atoms with E-state index in [1.165, 1.54) is 0 Å². The highest BCUT2D eigenvalue weighted by molar-refractivity contribution is 9.10. The molecule has 2 aromatic rings. The van der Waals surface area contributed by atoms with Crippen LogP contribution in [0.15, 0.2) is 16.7 Å². The quantitative estimate of drug-likeness (QED) is 0.811. The molecule has 0 radical (unpaired) electrons. The topological polar surface area (TPSA) is 54.5 Å². The fraction of sp³-hybridized carbons (Fsp3) is 0.250. The van der Waals surface area contributed by atoms with Crippen LogP contribution in [-0.4, -0.2) is 14.8 Å². The molecule has 86 valence electrons. The van der Waals surface area contributed by atoms with E-state index in [4.69, 9.17) is 0 Å². The highest BCUT2D eigenvalue weighted by Crippen LogP contribution is 2.24. The molecule has 0 aliphatic rings. The highest BCUT2D eigenvalue weighted by Gasteiger charge is 2.15. The van der Waals surface area contributed by atoms with E-state index in [-0.39, 0.29) is 0 Å². The lowest BCUT2D eigenvalue weighted by Crippen LogP contribution is -2.05. The molecule has 0 aromatic carbocycles. The maximum Gasteiger partial charge on any atom is 0.171 e. The maximum absolute atomic E-state index is 9.18. The fourth-order valence-corrected chi connectivity index (χ4v) is 1.92. The van der Waals surface area contributed by atoms with Crippen molar-refractivity contribution in [2.45, 2.75) is 20.8 Å². The molecule has 17 heavy (non-hydrogen) atoms. The van der Waals surface area contributed by atoms with Gasteiger partial charge in [0.2, 0.25) is 0 Å². The average Bonchev–Trinajstić information content (AvgIpc) is 2.56. The largest absolute Gasteiger partial charge is 0.236 e. The normalized spacial score (nSPS) is 10.3. The van der Waals surface area contributed by atoms with Crippen LogP contribution in [0.1, 0.15) is 22.5 Å². The number of hydrogen-bond donors (Lipinski definition) is 0. The fourth-order valence-electron chi connectivity index (χ4n) is 1.67. The molecule has 0 fully saturated rings. The molecule has 0 atom stereocenters. The van der Waals surface area contributed by atoms with E-state index in [0.29, 0.717) is 11.4 Å². The Bertz CT molecular complexity index is 622. The van der Waals surface area contributed by atoms with Gasteiger partial charge in [0.05, 0.1) is 21.4 Å². The van der Waals surface area contributed by atoms with Crippen molar-refractivity contribution in [3.63, 3.8) is 0 Å². The van der Waals surface area contributed by atoms with Gasteiger partial charge in [-0.1, -0.05) is 0 Å². The van der Waals surface area contributed by atoms with Crippen LogP contribution in [0.4, 0.5) is 0 Å². The molecule has 0 aliphatic heterocycles. The van der Waals surface area contributed by atoms with Crippen LogP contribution in [0.5, 0.6) is 0 Å². The predicted molar refractivity (Wildman–Crippen MR) is 68.0 cm³/mol. The van der Waals surface area contributed by atoms with Gasteiger partial charge in [-0.25, -0.2) is 9.67 Å². The summed E-state index contributed by atoms with van der Waals surface area (Å²) < 4.78 is 2.65. The molecule has 0 saturated carbocycles. The second kappa shape index (κ2) is 4.30. The molecule has 2 heterocycles. The Hall–Kier alpha value is -1.67. The van der Waals surface area contributed by atoms with E-state index in [1.54, 1.807) is 10.9 Å². The van der Waals surface area contributed by atoms with E-state index in [0.717, 1.165) is 21.4 Å². The Labute approximate surface area is 108 Å². The van der Waals surface area contributed by atoms with Gasteiger partial charge >= 0.3 is 0 Å². The van der Waals surface area contributed by atoms with Crippen molar-refractivity contribution in [1.82, 2.24) is 14.8 Å². The third-order valence-electron chi connectivity index (χ3n) is 2.65. The summed E-state index contributed by atoms with van der Waals surface area (Å²) >= 11 is 3.47. The third-order valence-corrected chi connectivity index (χ3v) is 3.80. The predicted octanol–water partition coefficient (Wildman–Crippen LogP) is 2.83. The number of nitrogens with zero attached hydrogens (tertiary/aromatic N) is 4. The number of aromatic nitrogens is 3. The summed E-state index contributed by atoms with van der Waals surface area (Å²) in [4.78, 5) is 4.25. The Morgan fingerprint density at radius 3 is 2.59 bits per heavy atom. The number of rotatable bonds is 1. The van der Waals surface area contributed by atoms with Crippen LogP contribution in [0, 0.1) is 32.1 Å². The molecule has 2 rings (SSSR count). The lowest BCUT2D eigenvalue weighted by Gasteiger charge is -2.06. The second-order valence-corrected chi connectivity index (χ2v) is 4.63. The molecule has 0 bridgehead atoms. The summed E-state index contributed by atoms with van der Waals surface area (Å²) in [6.07, 6.45) is 1.69. The molecule has 2 aromatic heterocycles. The number of hydrogen-bond acceptors (Lipinski definition) is 3. The maximum atomic E-state index is 9.18. The van der Waals surface area contributed by atoms with Gasteiger partial charge in [-0.15, -0.1) is 0 Å². The van der Waals surface area contributed by atoms with Crippen molar-refractivity contribution in [3.05, 3.63) is 39.3 Å². The van der Waals surface area contributed by atoms with Gasteiger partial charge in [-0.2, -0.15) is 10.4 Å². The number of nitriles is 1. The average molecular weight is 291 g/mol. The van der Waals surface area contributed by atoms with Crippen molar-refractivity contribution in [2.75, 3.05) is 0 Å². The van der Waals surface area contributed by atoms with E-state index in [2.05, 4.69) is 32.1 Å². The van der Waals surface area contributed by atoms with Crippen LogP contribution in [0.3, 0.4) is 0 Å². The monoisotopic (exact) mass is 290 g/mol. The number of halogens is 1. The van der Waals surface area contributed by atoms with Crippen LogP contribution in [-0.2, 0) is 0 Å². The zero-order chi connectivity index (χ0) is 12.6. The molecular weight excluding hydrogens is 280 g/mol. The summed E-state index contributed by atoms with van der Waals surface area (Å²) in [7, 11) is 0. The van der Waals surface area contributed by atoms with Crippen molar-refractivity contribution < 1.29 is 0 Å². The zero-order valence-electron chi connectivity index (χ0n) is 9.82. The summed E-state index contributed by atoms with van der Waals surface area (Å²) in [5.41, 5.74) is 3.29. The Balaban J connectivity index is 2.74. The van der Waals surface area contributed by atoms with Gasteiger partial charge in [0, 0.05) is 6.20 Å². The summed E-state index contributed by atoms with van der Waals surface area (Å²) in [6, 6.07) is 4.00. The lowest BCUT2D eigenvalue weighted by molar-refractivity contribution is 0.801. The van der Waals surface area contributed by atoms with E-state index >= 15 is 0 Å². The second-order valence-electron chi connectivity index (χ2n) is 3.83. The van der Waals surface area contributed by atoms with Crippen molar-refractivity contribution >= 4 is 15.9 Å². The first kappa shape index (κ1) is 11.8. The molecule has 5 heteroatoms. The summed E-state index contributed by atoms with van der Waals surface area (Å²) in [5, 5.41) is 13.6. The molecule has 0 amide bonds. The minimum atomic E-state index is 0.561. The van der Waals surface area contributed by atoms with Gasteiger partial charge in [-0.3, -0.25) is 0 Å². The first-order valence-electron chi connectivity index (χ1n) is 5.14. The van der Waals surface area contributed by atoms with Crippen molar-refractivity contribution in [2.24, 2.45) is 0 Å². The van der Waals surface area contributed by atoms with Crippen molar-refractivity contribution in [3.8, 4) is 11.9 Å². The van der Waals surface area contributed by atoms with E-state index < -0.39 is 0 Å². The van der Waals surface area contributed by atoms with Crippen LogP contribution >= 0.6 is 15.9 Å². The standard InChI is InChI=1S/C12H11BrN4/c1-7-4-5-15-12(10(7)6-14)17-9(3)11(13)8(2)16-17/h4-5H,1-3H3. The molecule has 0 N–H and O–H groups in total. The summed E-state index contributed by atoms with van der Waals surface area (Å²) in [5.74, 6) is 0.582. The SMILES string of the molecule is Cc1ccnc(-n2nc(C)c(Br)c2C)c1C#N. The van der Waals surface area contributed by atoms with Gasteiger partial charge < -0.3 is 0 Å². The zero-order valence-corrected chi connectivity index (χ0v) is 11.4. The van der Waals surface area contributed by atoms with Crippen LogP contribution in [0.2, 0.25) is 0 Å². The molecule has 4 nitrogen and oxygen atoms in total. The molecule has 0 unspecified atom stereocenters. The van der Waals surface area contributed by atoms with Gasteiger partial charge in [0.15, 0.2) is 5.82 Å². The molecule has 0 aliphatic carbocycles. The van der Waals surface area contributed by atoms with Gasteiger partial charge in [-0.05, 0) is 48.3 Å². The van der Waals surface area contributed by atoms with E-state index in [1.807, 2.05) is 26.8 Å². The summed E-state index contributed by atoms with van der Waals surface area (Å²) in [6.45, 7) is 5.75. The number of pyridine rings is 1. The molecule has 0 spiro atoms. The Kier molecular flexibility index (Phi) is 2.99. The molecule has 0 saturated heterocycles. The Morgan fingerprint density at radius 2 is 2.06 bits per heavy atom. The molecular formula is C12H11BrN4. The van der Waals surface area contributed by atoms with E-state index in [9.17, 15) is 5.26 Å². The third kappa shape index (κ3) is 1.85. The number of aryl methyl sites for hydroxylation is 2. The highest BCUT2D eigenvalue weighted by atomic mass is 79.9. The smallest absolute Gasteiger partial charge is 0.171 e. The van der Waals surface area contributed by atoms with Crippen LogP contribution in [0.25, 0.3) is 5.82 Å². The minimum absolute atomic E-state index is 0.561. The van der Waals surface area contributed by atoms with Gasteiger partial charge in [0.25, 0.3) is 0 Å². The minimum Gasteiger partial charge on any atom is -0.236 e. The first-order chi connectivity index (χ1) is 8.06. The lowest BCUT2D eigenvalue weighted by atomic mass is 10.1. The van der Waals surface area contributed by atoms with Crippen molar-refractivity contribution in [1.29, 1.82) is 5.26 Å². The first-order valence-corrected chi connectivity index (χ1v) is 5.93. The van der Waals surface area contributed by atoms with Gasteiger partial charge in [0.1, 0.15) is 6.07 Å².